The predicted octanol–water partition coefficient (Wildman–Crippen LogP) is 3.70. The van der Waals surface area contributed by atoms with Gasteiger partial charge in [-0.3, -0.25) is 0 Å². The zero-order chi connectivity index (χ0) is 16.0. The zero-order valence-corrected chi connectivity index (χ0v) is 13.7. The van der Waals surface area contributed by atoms with E-state index < -0.39 is 6.10 Å². The van der Waals surface area contributed by atoms with Crippen molar-refractivity contribution in [2.24, 2.45) is 4.99 Å². The maximum atomic E-state index is 9.62. The van der Waals surface area contributed by atoms with Crippen LogP contribution in [-0.4, -0.2) is 24.3 Å². The van der Waals surface area contributed by atoms with Crippen LogP contribution in [0.4, 0.5) is 5.69 Å². The number of rotatable bonds is 5. The molecule has 1 unspecified atom stereocenters. The van der Waals surface area contributed by atoms with E-state index in [9.17, 15) is 5.11 Å². The highest BCUT2D eigenvalue weighted by atomic mass is 16.5. The summed E-state index contributed by atoms with van der Waals surface area (Å²) in [5.41, 5.74) is 4.52. The molecule has 0 aliphatic carbocycles. The second-order valence-electron chi connectivity index (χ2n) is 5.32. The molecule has 2 N–H and O–H groups in total. The fourth-order valence-corrected chi connectivity index (χ4v) is 2.00. The van der Waals surface area contributed by atoms with Crippen molar-refractivity contribution in [2.45, 2.75) is 46.6 Å². The first-order chi connectivity index (χ1) is 9.87. The zero-order valence-electron chi connectivity index (χ0n) is 13.7. The molecule has 1 aromatic rings. The molecule has 0 bridgehead atoms. The molecule has 0 saturated carbocycles. The molecule has 116 valence electrons. The Balaban J connectivity index is 2.78. The van der Waals surface area contributed by atoms with Gasteiger partial charge in [0.05, 0.1) is 6.10 Å². The second-order valence-corrected chi connectivity index (χ2v) is 5.32. The van der Waals surface area contributed by atoms with Crippen molar-refractivity contribution < 1.29 is 9.84 Å². The summed E-state index contributed by atoms with van der Waals surface area (Å²) in [5, 5.41) is 12.8. The van der Waals surface area contributed by atoms with Gasteiger partial charge in [-0.1, -0.05) is 19.6 Å². The third-order valence-electron chi connectivity index (χ3n) is 3.43. The number of anilines is 1. The molecule has 0 radical (unpaired) electrons. The molecule has 4 nitrogen and oxygen atoms in total. The summed E-state index contributed by atoms with van der Waals surface area (Å²) in [6, 6.07) is 4.58. The first-order valence-electron chi connectivity index (χ1n) is 7.22. The van der Waals surface area contributed by atoms with Crippen molar-refractivity contribution in [3.8, 4) is 0 Å². The first-order valence-corrected chi connectivity index (χ1v) is 7.22. The number of hydrogen-bond acceptors (Lipinski definition) is 3. The van der Waals surface area contributed by atoms with Gasteiger partial charge >= 0.3 is 0 Å². The summed E-state index contributed by atoms with van der Waals surface area (Å²) in [4.78, 5) is 4.10. The number of amidine groups is 1. The minimum absolute atomic E-state index is 0.386. The van der Waals surface area contributed by atoms with Gasteiger partial charge in [0.2, 0.25) is 0 Å². The average Bonchev–Trinajstić information content (AvgIpc) is 2.42. The third kappa shape index (κ3) is 5.23. The number of nitrogens with one attached hydrogen (secondary N) is 1. The molecule has 1 rings (SSSR count). The lowest BCUT2D eigenvalue weighted by atomic mass is 10.0. The highest BCUT2D eigenvalue weighted by Crippen LogP contribution is 2.21. The fraction of sp³-hybridized carbons (Fsp3) is 0.471. The quantitative estimate of drug-likeness (QED) is 0.494. The van der Waals surface area contributed by atoms with Crippen molar-refractivity contribution in [3.63, 3.8) is 0 Å². The fourth-order valence-electron chi connectivity index (χ4n) is 2.00. The molecule has 0 fully saturated rings. The van der Waals surface area contributed by atoms with E-state index in [1.54, 1.807) is 7.05 Å². The Labute approximate surface area is 127 Å². The molecule has 0 aromatic heterocycles. The first kappa shape index (κ1) is 17.2. The Hall–Kier alpha value is -1.81. The van der Waals surface area contributed by atoms with Crippen LogP contribution < -0.4 is 5.32 Å². The van der Waals surface area contributed by atoms with Gasteiger partial charge in [0.25, 0.3) is 6.02 Å². The van der Waals surface area contributed by atoms with Gasteiger partial charge in [0.15, 0.2) is 0 Å². The summed E-state index contributed by atoms with van der Waals surface area (Å²) in [6.07, 6.45) is 0.645. The summed E-state index contributed by atoms with van der Waals surface area (Å²) in [7, 11) is 1.66. The lowest BCUT2D eigenvalue weighted by Gasteiger charge is -2.17. The van der Waals surface area contributed by atoms with Crippen LogP contribution in [0.3, 0.4) is 0 Å². The summed E-state index contributed by atoms with van der Waals surface area (Å²) >= 11 is 0. The number of aliphatic hydroxyl groups is 1. The van der Waals surface area contributed by atoms with Crippen molar-refractivity contribution in [3.05, 3.63) is 41.2 Å². The lowest BCUT2D eigenvalue weighted by molar-refractivity contribution is 0.156. The number of ether oxygens (including phenoxy) is 1. The molecule has 21 heavy (non-hydrogen) atoms. The maximum Gasteiger partial charge on any atom is 0.294 e. The molecule has 0 aliphatic rings. The number of aliphatic hydroxyl groups excluding tert-OH is 1. The number of nitrogens with zero attached hydrogens (tertiary/aromatic N) is 1. The summed E-state index contributed by atoms with van der Waals surface area (Å²) < 4.78 is 5.60. The van der Waals surface area contributed by atoms with E-state index in [0.29, 0.717) is 24.6 Å². The average molecular weight is 290 g/mol. The standard InChI is InChI=1S/C17H26N2O2/c1-7-15(20)10-13(4)21-17(18-6)19-16-9-11(2)8-12(3)14(16)5/h8-9,15,20H,4,7,10H2,1-3,5-6H3,(H,18,19). The predicted molar refractivity (Wildman–Crippen MR) is 88.8 cm³/mol. The number of aryl methyl sites for hydroxylation is 2. The highest BCUT2D eigenvalue weighted by Gasteiger charge is 2.10. The Morgan fingerprint density at radius 2 is 2.05 bits per heavy atom. The minimum atomic E-state index is -0.432. The molecule has 1 aromatic carbocycles. The molecule has 4 heteroatoms. The maximum absolute atomic E-state index is 9.62. The second kappa shape index (κ2) is 7.84. The van der Waals surface area contributed by atoms with Crippen molar-refractivity contribution in [1.82, 2.24) is 0 Å². The molecule has 0 heterocycles. The SMILES string of the molecule is C=C(CC(O)CC)OC(=NC)Nc1cc(C)cc(C)c1C. The van der Waals surface area contributed by atoms with Gasteiger partial charge in [0, 0.05) is 19.2 Å². The van der Waals surface area contributed by atoms with E-state index in [-0.39, 0.29) is 0 Å². The smallest absolute Gasteiger partial charge is 0.294 e. The van der Waals surface area contributed by atoms with E-state index in [1.165, 1.54) is 11.1 Å². The Morgan fingerprint density at radius 3 is 2.62 bits per heavy atom. The van der Waals surface area contributed by atoms with Crippen LogP contribution in [-0.2, 0) is 4.74 Å². The summed E-state index contributed by atoms with van der Waals surface area (Å²) in [6.45, 7) is 11.9. The van der Waals surface area contributed by atoms with Gasteiger partial charge in [-0.2, -0.15) is 0 Å². The Bertz CT molecular complexity index is 536. The van der Waals surface area contributed by atoms with Crippen molar-refractivity contribution in [2.75, 3.05) is 12.4 Å². The van der Waals surface area contributed by atoms with Gasteiger partial charge in [-0.25, -0.2) is 4.99 Å². The number of aliphatic imine (C=N–C) groups is 1. The van der Waals surface area contributed by atoms with Gasteiger partial charge < -0.3 is 15.2 Å². The largest absolute Gasteiger partial charge is 0.431 e. The van der Waals surface area contributed by atoms with Gasteiger partial charge in [-0.05, 0) is 49.9 Å². The van der Waals surface area contributed by atoms with Crippen LogP contribution in [0.2, 0.25) is 0 Å². The number of benzene rings is 1. The summed E-state index contributed by atoms with van der Waals surface area (Å²) in [5.74, 6) is 0.500. The topological polar surface area (TPSA) is 53.9 Å². The van der Waals surface area contributed by atoms with Crippen LogP contribution in [0, 0.1) is 20.8 Å². The molecular weight excluding hydrogens is 264 g/mol. The van der Waals surface area contributed by atoms with Crippen LogP contribution in [0.1, 0.15) is 36.5 Å². The van der Waals surface area contributed by atoms with E-state index in [2.05, 4.69) is 49.8 Å². The normalized spacial score (nSPS) is 13.0. The Morgan fingerprint density at radius 1 is 1.38 bits per heavy atom. The van der Waals surface area contributed by atoms with Gasteiger partial charge in [-0.15, -0.1) is 0 Å². The molecule has 0 aliphatic heterocycles. The van der Waals surface area contributed by atoms with Crippen LogP contribution in [0.15, 0.2) is 29.5 Å². The molecule has 0 amide bonds. The monoisotopic (exact) mass is 290 g/mol. The number of hydrogen-bond donors (Lipinski definition) is 2. The third-order valence-corrected chi connectivity index (χ3v) is 3.43. The van der Waals surface area contributed by atoms with Crippen LogP contribution in [0.5, 0.6) is 0 Å². The van der Waals surface area contributed by atoms with Gasteiger partial charge in [0.1, 0.15) is 5.76 Å². The lowest BCUT2D eigenvalue weighted by Crippen LogP contribution is -2.18. The minimum Gasteiger partial charge on any atom is -0.431 e. The molecule has 1 atom stereocenters. The van der Waals surface area contributed by atoms with Crippen molar-refractivity contribution in [1.29, 1.82) is 0 Å². The van der Waals surface area contributed by atoms with E-state index >= 15 is 0 Å². The van der Waals surface area contributed by atoms with E-state index in [1.807, 2.05) is 6.92 Å². The van der Waals surface area contributed by atoms with Crippen molar-refractivity contribution >= 4 is 11.7 Å². The molecular formula is C17H26N2O2. The van der Waals surface area contributed by atoms with Crippen LogP contribution in [0.25, 0.3) is 0 Å². The Kier molecular flexibility index (Phi) is 6.43. The van der Waals surface area contributed by atoms with E-state index in [0.717, 1.165) is 11.3 Å². The highest BCUT2D eigenvalue weighted by molar-refractivity contribution is 5.90. The molecule has 0 saturated heterocycles. The van der Waals surface area contributed by atoms with E-state index in [4.69, 9.17) is 4.74 Å². The van der Waals surface area contributed by atoms with Crippen LogP contribution >= 0.6 is 0 Å². The molecule has 0 spiro atoms.